The molecule has 1 amide bonds. The van der Waals surface area contributed by atoms with E-state index in [1.165, 1.54) is 10.4 Å². The molecule has 6 heterocycles. The third-order valence-electron chi connectivity index (χ3n) is 12.4. The Labute approximate surface area is 346 Å². The summed E-state index contributed by atoms with van der Waals surface area (Å²) in [6.45, 7) is 10.1. The molecule has 4 aliphatic rings. The molecule has 9 rings (SSSR count). The number of nitrogens with zero attached hydrogens (tertiary/aromatic N) is 9. The molecule has 298 valence electrons. The van der Waals surface area contributed by atoms with E-state index in [-0.39, 0.29) is 35.6 Å². The molecule has 1 saturated heterocycles. The van der Waals surface area contributed by atoms with Crippen molar-refractivity contribution in [1.82, 2.24) is 35.3 Å². The highest BCUT2D eigenvalue weighted by atomic mass is 35.5. The minimum atomic E-state index is -0.208. The van der Waals surface area contributed by atoms with Gasteiger partial charge in [0.2, 0.25) is 5.88 Å². The summed E-state index contributed by atoms with van der Waals surface area (Å²) >= 11 is 7.91. The number of amides is 1. The lowest BCUT2D eigenvalue weighted by molar-refractivity contribution is -0.0332. The number of anilines is 1. The van der Waals surface area contributed by atoms with Gasteiger partial charge in [-0.3, -0.25) is 14.4 Å². The van der Waals surface area contributed by atoms with Crippen molar-refractivity contribution in [1.29, 1.82) is 5.26 Å². The average molecular weight is 817 g/mol. The lowest BCUT2D eigenvalue weighted by atomic mass is 9.61. The number of nitriles is 1. The SMILES string of the molecule is Cc1sc2c(c1C)C(c1ccc(OC3CC4(CCN(c5ccc(C(=O)NC6CCC(Oc7ccc(C#N)c(Cl)c7)CC6)nn5)CC4)C3)nc1)=N[C@@H](C)c1nnc(C)n1-2. The van der Waals surface area contributed by atoms with E-state index < -0.39 is 0 Å². The van der Waals surface area contributed by atoms with E-state index in [1.54, 1.807) is 35.6 Å². The fraction of sp³-hybridized carbons (Fsp3) is 0.442. The Morgan fingerprint density at radius 3 is 2.45 bits per heavy atom. The fourth-order valence-electron chi connectivity index (χ4n) is 8.90. The Balaban J connectivity index is 0.738. The number of pyridine rings is 1. The van der Waals surface area contributed by atoms with E-state index in [2.05, 4.69) is 68.1 Å². The Kier molecular flexibility index (Phi) is 10.1. The molecular weight excluding hydrogens is 772 g/mol. The van der Waals surface area contributed by atoms with Crippen LogP contribution in [0.2, 0.25) is 5.02 Å². The molecule has 0 bridgehead atoms. The van der Waals surface area contributed by atoms with Gasteiger partial charge in [-0.2, -0.15) is 5.26 Å². The summed E-state index contributed by atoms with van der Waals surface area (Å²) in [7, 11) is 0. The van der Waals surface area contributed by atoms with Gasteiger partial charge in [0.25, 0.3) is 5.91 Å². The highest BCUT2D eigenvalue weighted by molar-refractivity contribution is 7.15. The minimum Gasteiger partial charge on any atom is -0.490 e. The van der Waals surface area contributed by atoms with Gasteiger partial charge in [-0.05, 0) is 120 Å². The number of nitrogens with one attached hydrogen (secondary N) is 1. The maximum Gasteiger partial charge on any atom is 0.272 e. The summed E-state index contributed by atoms with van der Waals surface area (Å²) in [6.07, 6.45) is 9.40. The molecule has 1 spiro atoms. The summed E-state index contributed by atoms with van der Waals surface area (Å²) in [4.78, 5) is 26.5. The molecule has 2 saturated carbocycles. The van der Waals surface area contributed by atoms with Gasteiger partial charge in [0.05, 0.1) is 22.4 Å². The third kappa shape index (κ3) is 7.30. The Hall–Kier alpha value is -5.39. The first-order chi connectivity index (χ1) is 28.1. The molecule has 2 aliphatic carbocycles. The number of benzene rings is 1. The van der Waals surface area contributed by atoms with Gasteiger partial charge in [-0.1, -0.05) is 11.6 Å². The van der Waals surface area contributed by atoms with Crippen LogP contribution in [-0.2, 0) is 0 Å². The molecule has 0 unspecified atom stereocenters. The van der Waals surface area contributed by atoms with Crippen molar-refractivity contribution in [2.45, 2.75) is 103 Å². The van der Waals surface area contributed by atoms with Gasteiger partial charge in [-0.15, -0.1) is 31.7 Å². The maximum atomic E-state index is 13.0. The molecule has 2 aliphatic heterocycles. The van der Waals surface area contributed by atoms with Gasteiger partial charge in [0, 0.05) is 53.5 Å². The van der Waals surface area contributed by atoms with Crippen LogP contribution in [0.25, 0.3) is 5.00 Å². The Morgan fingerprint density at radius 1 is 0.966 bits per heavy atom. The monoisotopic (exact) mass is 816 g/mol. The lowest BCUT2D eigenvalue weighted by Gasteiger charge is -2.51. The van der Waals surface area contributed by atoms with Crippen LogP contribution >= 0.6 is 22.9 Å². The molecule has 13 nitrogen and oxygen atoms in total. The second kappa shape index (κ2) is 15.4. The molecule has 4 aromatic heterocycles. The van der Waals surface area contributed by atoms with Gasteiger partial charge < -0.3 is 19.7 Å². The number of carbonyl (C=O) groups excluding carboxylic acids is 1. The zero-order valence-corrected chi connectivity index (χ0v) is 34.6. The Morgan fingerprint density at radius 2 is 1.76 bits per heavy atom. The second-order valence-electron chi connectivity index (χ2n) is 16.2. The number of halogens is 1. The van der Waals surface area contributed by atoms with Crippen molar-refractivity contribution in [3.05, 3.63) is 98.2 Å². The number of aromatic nitrogens is 6. The van der Waals surface area contributed by atoms with Crippen LogP contribution in [-0.4, -0.2) is 72.9 Å². The number of aliphatic imine (C=N–C) groups is 1. The third-order valence-corrected chi connectivity index (χ3v) is 13.9. The highest BCUT2D eigenvalue weighted by Gasteiger charge is 2.47. The molecule has 1 N–H and O–H groups in total. The number of fused-ring (bicyclic) bond motifs is 3. The number of aryl methyl sites for hydroxylation is 2. The van der Waals surface area contributed by atoms with Crippen LogP contribution in [0.15, 0.2) is 53.7 Å². The van der Waals surface area contributed by atoms with Crippen molar-refractivity contribution in [3.63, 3.8) is 0 Å². The standard InChI is InChI=1S/C43H45ClN10O3S/c1-24-26(3)58-42-38(24)39(47-25(2)40-52-49-27(4)54(40)42)29-6-14-37(46-23-29)57-33-20-43(21-33)15-17-53(18-16-43)36-13-12-35(50-51-36)41(55)48-30-7-10-31(11-8-30)56-32-9-5-28(22-45)34(44)19-32/h5-6,9,12-14,19,23,25,30-31,33H,7-8,10-11,15-18,20-21H2,1-4H3,(H,48,55)/t25-,30?,31?/m0/s1. The molecule has 1 atom stereocenters. The second-order valence-corrected chi connectivity index (χ2v) is 17.8. The topological polar surface area (TPSA) is 156 Å². The largest absolute Gasteiger partial charge is 0.490 e. The minimum absolute atomic E-state index is 0.0330. The predicted octanol–water partition coefficient (Wildman–Crippen LogP) is 7.82. The lowest BCUT2D eigenvalue weighted by Crippen LogP contribution is -2.51. The molecule has 5 aromatic rings. The van der Waals surface area contributed by atoms with Crippen LogP contribution in [0.4, 0.5) is 5.82 Å². The fourth-order valence-corrected chi connectivity index (χ4v) is 10.3. The number of ether oxygens (including phenoxy) is 2. The van der Waals surface area contributed by atoms with Crippen LogP contribution in [0, 0.1) is 37.5 Å². The Bertz CT molecular complexity index is 2420. The number of hydrogen-bond acceptors (Lipinski definition) is 12. The summed E-state index contributed by atoms with van der Waals surface area (Å²) in [5.41, 5.74) is 5.25. The number of hydrogen-bond donors (Lipinski definition) is 1. The van der Waals surface area contributed by atoms with E-state index in [1.807, 2.05) is 25.3 Å². The summed E-state index contributed by atoms with van der Waals surface area (Å²) < 4.78 is 14.6. The van der Waals surface area contributed by atoms with Gasteiger partial charge in [-0.25, -0.2) is 4.98 Å². The average Bonchev–Trinajstić information content (AvgIpc) is 3.71. The normalized spacial score (nSPS) is 21.2. The van der Waals surface area contributed by atoms with Crippen molar-refractivity contribution in [2.75, 3.05) is 18.0 Å². The summed E-state index contributed by atoms with van der Waals surface area (Å²) in [5, 5.41) is 31.3. The molecule has 1 aromatic carbocycles. The number of piperidine rings is 1. The zero-order valence-electron chi connectivity index (χ0n) is 33.0. The predicted molar refractivity (Wildman–Crippen MR) is 222 cm³/mol. The van der Waals surface area contributed by atoms with Gasteiger partial charge in [0.15, 0.2) is 17.3 Å². The molecular formula is C43H45ClN10O3S. The first-order valence-corrected chi connectivity index (χ1v) is 21.3. The van der Waals surface area contributed by atoms with Crippen LogP contribution in [0.3, 0.4) is 0 Å². The first-order valence-electron chi connectivity index (χ1n) is 20.1. The van der Waals surface area contributed by atoms with Crippen molar-refractivity contribution in [2.24, 2.45) is 10.4 Å². The van der Waals surface area contributed by atoms with Crippen molar-refractivity contribution in [3.8, 4) is 22.7 Å². The van der Waals surface area contributed by atoms with E-state index >= 15 is 0 Å². The van der Waals surface area contributed by atoms with Gasteiger partial charge >= 0.3 is 0 Å². The highest BCUT2D eigenvalue weighted by Crippen LogP contribution is 2.50. The maximum absolute atomic E-state index is 13.0. The van der Waals surface area contributed by atoms with Crippen LogP contribution in [0.1, 0.15) is 114 Å². The summed E-state index contributed by atoms with van der Waals surface area (Å²) in [6, 6.07) is 14.8. The number of carbonyl (C=O) groups is 1. The number of thiophene rings is 1. The van der Waals surface area contributed by atoms with E-state index in [4.69, 9.17) is 36.3 Å². The first kappa shape index (κ1) is 38.1. The summed E-state index contributed by atoms with van der Waals surface area (Å²) in [5.74, 6) is 3.60. The van der Waals surface area contributed by atoms with Crippen molar-refractivity contribution < 1.29 is 14.3 Å². The molecule has 3 fully saturated rings. The van der Waals surface area contributed by atoms with Gasteiger partial charge in [0.1, 0.15) is 34.8 Å². The molecule has 0 radical (unpaired) electrons. The van der Waals surface area contributed by atoms with E-state index in [0.29, 0.717) is 27.9 Å². The van der Waals surface area contributed by atoms with Crippen molar-refractivity contribution >= 4 is 40.4 Å². The van der Waals surface area contributed by atoms with Crippen LogP contribution in [0.5, 0.6) is 11.6 Å². The smallest absolute Gasteiger partial charge is 0.272 e. The zero-order chi connectivity index (χ0) is 40.1. The van der Waals surface area contributed by atoms with E-state index in [9.17, 15) is 4.79 Å². The van der Waals surface area contributed by atoms with Crippen LogP contribution < -0.4 is 19.7 Å². The number of rotatable bonds is 8. The van der Waals surface area contributed by atoms with E-state index in [0.717, 1.165) is 104 Å². The quantitative estimate of drug-likeness (QED) is 0.164. The molecule has 58 heavy (non-hydrogen) atoms. The molecule has 15 heteroatoms.